The van der Waals surface area contributed by atoms with Gasteiger partial charge in [-0.2, -0.15) is 13.2 Å². The molecule has 0 bridgehead atoms. The van der Waals surface area contributed by atoms with E-state index in [1.54, 1.807) is 12.1 Å². The number of hydrogen-bond acceptors (Lipinski definition) is 5. The number of sulfone groups is 1. The Kier molecular flexibility index (Phi) is 8.83. The van der Waals surface area contributed by atoms with Crippen LogP contribution in [0, 0.1) is 0 Å². The Morgan fingerprint density at radius 1 is 0.780 bits per heavy atom. The molecule has 7 nitrogen and oxygen atoms in total. The number of anilines is 1. The van der Waals surface area contributed by atoms with Gasteiger partial charge in [0.15, 0.2) is 0 Å². The van der Waals surface area contributed by atoms with E-state index in [0.29, 0.717) is 12.1 Å². The first-order valence-electron chi connectivity index (χ1n) is 11.3. The van der Waals surface area contributed by atoms with Crippen LogP contribution in [0.2, 0.25) is 15.1 Å². The van der Waals surface area contributed by atoms with E-state index in [4.69, 9.17) is 39.5 Å². The van der Waals surface area contributed by atoms with E-state index in [0.717, 1.165) is 6.07 Å². The summed E-state index contributed by atoms with van der Waals surface area (Å²) in [6, 6.07) is 16.6. The Morgan fingerprint density at radius 3 is 2.07 bits per heavy atom. The van der Waals surface area contributed by atoms with Crippen molar-refractivity contribution < 1.29 is 35.9 Å². The fourth-order valence-corrected chi connectivity index (χ4v) is 5.71. The first-order chi connectivity index (χ1) is 19.3. The molecule has 41 heavy (non-hydrogen) atoms. The lowest BCUT2D eigenvalue weighted by Gasteiger charge is -2.12. The van der Waals surface area contributed by atoms with Crippen LogP contribution in [0.4, 0.5) is 23.7 Å². The van der Waals surface area contributed by atoms with Crippen molar-refractivity contribution in [2.45, 2.75) is 16.0 Å². The summed E-state index contributed by atoms with van der Waals surface area (Å²) in [5.41, 5.74) is -0.719. The average molecular weight is 644 g/mol. The Balaban J connectivity index is 1.43. The molecular weight excluding hydrogens is 628 g/mol. The summed E-state index contributed by atoms with van der Waals surface area (Å²) in [6.07, 6.45) is -4.68. The molecule has 0 fully saturated rings. The Morgan fingerprint density at radius 2 is 1.46 bits per heavy atom. The van der Waals surface area contributed by atoms with Crippen LogP contribution in [0.1, 0.15) is 15.9 Å². The summed E-state index contributed by atoms with van der Waals surface area (Å²) in [6.45, 7) is 0. The molecule has 0 atom stereocenters. The van der Waals surface area contributed by atoms with Crippen molar-refractivity contribution in [2.75, 3.05) is 5.32 Å². The van der Waals surface area contributed by atoms with Crippen LogP contribution in [0.3, 0.4) is 0 Å². The minimum absolute atomic E-state index is 0.0773. The van der Waals surface area contributed by atoms with Gasteiger partial charge >= 0.3 is 12.2 Å². The van der Waals surface area contributed by atoms with Crippen LogP contribution >= 0.6 is 34.8 Å². The molecule has 212 valence electrons. The van der Waals surface area contributed by atoms with Crippen molar-refractivity contribution in [2.24, 2.45) is 0 Å². The van der Waals surface area contributed by atoms with Gasteiger partial charge in [-0.05, 0) is 72.8 Å². The molecule has 4 aromatic rings. The quantitative estimate of drug-likeness (QED) is 0.220. The number of urea groups is 1. The molecule has 0 spiro atoms. The second kappa shape index (κ2) is 12.0. The summed E-state index contributed by atoms with van der Waals surface area (Å²) in [7, 11) is -4.23. The van der Waals surface area contributed by atoms with Gasteiger partial charge in [-0.1, -0.05) is 46.9 Å². The highest BCUT2D eigenvalue weighted by atomic mass is 35.5. The van der Waals surface area contributed by atoms with Gasteiger partial charge in [-0.3, -0.25) is 10.1 Å². The summed E-state index contributed by atoms with van der Waals surface area (Å²) in [5, 5.41) is 4.29. The molecular formula is C27H16Cl3F3N2O5S. The number of benzene rings is 4. The Bertz CT molecular complexity index is 1750. The Labute approximate surface area is 246 Å². The molecule has 2 N–H and O–H groups in total. The van der Waals surface area contributed by atoms with Gasteiger partial charge in [0, 0.05) is 5.69 Å². The average Bonchev–Trinajstić information content (AvgIpc) is 2.90. The summed E-state index contributed by atoms with van der Waals surface area (Å²) >= 11 is 18.1. The fraction of sp³-hybridized carbons (Fsp3) is 0.0370. The molecule has 0 aromatic heterocycles. The molecule has 3 amide bonds. The first-order valence-corrected chi connectivity index (χ1v) is 13.9. The number of carbonyl (C=O) groups excluding carboxylic acids is 2. The van der Waals surface area contributed by atoms with Crippen LogP contribution in [0.15, 0.2) is 94.7 Å². The molecule has 0 aliphatic rings. The Hall–Kier alpha value is -3.77. The molecule has 0 aliphatic carbocycles. The number of nitrogens with one attached hydrogen (secondary N) is 2. The number of hydrogen-bond donors (Lipinski definition) is 2. The molecule has 0 radical (unpaired) electrons. The maximum Gasteiger partial charge on any atom is 0.416 e. The minimum Gasteiger partial charge on any atom is -0.456 e. The van der Waals surface area contributed by atoms with Gasteiger partial charge in [0.25, 0.3) is 5.91 Å². The first kappa shape index (κ1) is 30.2. The molecule has 4 aromatic carbocycles. The number of alkyl halides is 3. The zero-order valence-electron chi connectivity index (χ0n) is 20.3. The number of amides is 3. The topological polar surface area (TPSA) is 102 Å². The second-order valence-electron chi connectivity index (χ2n) is 8.25. The third-order valence-corrected chi connectivity index (χ3v) is 8.32. The highest BCUT2D eigenvalue weighted by Crippen LogP contribution is 2.36. The van der Waals surface area contributed by atoms with Crippen LogP contribution < -0.4 is 15.4 Å². The van der Waals surface area contributed by atoms with E-state index in [1.165, 1.54) is 54.6 Å². The largest absolute Gasteiger partial charge is 0.456 e. The smallest absolute Gasteiger partial charge is 0.416 e. The number of halogens is 6. The predicted molar refractivity (Wildman–Crippen MR) is 148 cm³/mol. The van der Waals surface area contributed by atoms with Crippen molar-refractivity contribution in [3.8, 4) is 11.5 Å². The van der Waals surface area contributed by atoms with Crippen molar-refractivity contribution in [3.05, 3.63) is 111 Å². The highest BCUT2D eigenvalue weighted by Gasteiger charge is 2.32. The van der Waals surface area contributed by atoms with Gasteiger partial charge in [-0.25, -0.2) is 13.2 Å². The van der Waals surface area contributed by atoms with E-state index in [9.17, 15) is 31.2 Å². The highest BCUT2D eigenvalue weighted by molar-refractivity contribution is 7.91. The fourth-order valence-electron chi connectivity index (χ4n) is 3.48. The van der Waals surface area contributed by atoms with E-state index in [2.05, 4.69) is 10.6 Å². The van der Waals surface area contributed by atoms with Crippen LogP contribution in [0.5, 0.6) is 11.5 Å². The molecule has 0 unspecified atom stereocenters. The lowest BCUT2D eigenvalue weighted by atomic mass is 10.2. The van der Waals surface area contributed by atoms with Crippen LogP contribution in [-0.4, -0.2) is 20.4 Å². The monoisotopic (exact) mass is 642 g/mol. The van der Waals surface area contributed by atoms with Crippen molar-refractivity contribution >= 4 is 62.3 Å². The third-order valence-electron chi connectivity index (χ3n) is 5.45. The van der Waals surface area contributed by atoms with Crippen molar-refractivity contribution in [1.82, 2.24) is 5.32 Å². The van der Waals surface area contributed by atoms with Crippen LogP contribution in [0.25, 0.3) is 0 Å². The molecule has 0 heterocycles. The standard InChI is InChI=1S/C27H16Cl3F3N2O5S/c28-20-4-2-1-3-19(20)25(36)35-26(37)34-16-6-11-23(21(29)14-16)40-17-7-9-18(10-8-17)41(38,39)24-12-5-15(13-22(24)30)27(31,32)33/h1-14H,(H2,34,35,36,37). The third kappa shape index (κ3) is 7.12. The lowest BCUT2D eigenvalue weighted by Crippen LogP contribution is -2.34. The van der Waals surface area contributed by atoms with E-state index in [1.807, 2.05) is 0 Å². The zero-order valence-corrected chi connectivity index (χ0v) is 23.4. The summed E-state index contributed by atoms with van der Waals surface area (Å²) in [4.78, 5) is 23.8. The maximum absolute atomic E-state index is 12.9. The summed E-state index contributed by atoms with van der Waals surface area (Å²) < 4.78 is 70.2. The molecule has 4 rings (SSSR count). The summed E-state index contributed by atoms with van der Waals surface area (Å²) in [5.74, 6) is -0.357. The van der Waals surface area contributed by atoms with E-state index < -0.39 is 43.4 Å². The van der Waals surface area contributed by atoms with Crippen molar-refractivity contribution in [1.29, 1.82) is 0 Å². The molecule has 14 heteroatoms. The van der Waals surface area contributed by atoms with Crippen molar-refractivity contribution in [3.63, 3.8) is 0 Å². The van der Waals surface area contributed by atoms with Gasteiger partial charge in [-0.15, -0.1) is 0 Å². The van der Waals surface area contributed by atoms with Gasteiger partial charge in [0.2, 0.25) is 9.84 Å². The number of imide groups is 1. The van der Waals surface area contributed by atoms with Gasteiger partial charge in [0.1, 0.15) is 11.5 Å². The lowest BCUT2D eigenvalue weighted by molar-refractivity contribution is -0.137. The van der Waals surface area contributed by atoms with Gasteiger partial charge < -0.3 is 10.1 Å². The molecule has 0 aliphatic heterocycles. The second-order valence-corrected chi connectivity index (χ2v) is 11.4. The molecule has 0 saturated carbocycles. The normalized spacial score (nSPS) is 11.6. The maximum atomic E-state index is 12.9. The number of ether oxygens (including phenoxy) is 1. The number of carbonyl (C=O) groups is 2. The SMILES string of the molecule is O=C(NC(=O)c1ccccc1Cl)Nc1ccc(Oc2ccc(S(=O)(=O)c3ccc(C(F)(F)F)cc3Cl)cc2)c(Cl)c1. The van der Waals surface area contributed by atoms with E-state index in [-0.39, 0.29) is 37.7 Å². The predicted octanol–water partition coefficient (Wildman–Crippen LogP) is 8.25. The zero-order chi connectivity index (χ0) is 29.9. The number of rotatable bonds is 6. The minimum atomic E-state index is -4.68. The van der Waals surface area contributed by atoms with E-state index >= 15 is 0 Å². The van der Waals surface area contributed by atoms with Gasteiger partial charge in [0.05, 0.1) is 36.0 Å². The molecule has 0 saturated heterocycles. The van der Waals surface area contributed by atoms with Crippen LogP contribution in [-0.2, 0) is 16.0 Å².